The van der Waals surface area contributed by atoms with Gasteiger partial charge in [0.25, 0.3) is 0 Å². The van der Waals surface area contributed by atoms with Crippen LogP contribution in [0.15, 0.2) is 36.4 Å². The number of urea groups is 1. The van der Waals surface area contributed by atoms with Crippen LogP contribution in [0.3, 0.4) is 0 Å². The van der Waals surface area contributed by atoms with Crippen molar-refractivity contribution in [3.63, 3.8) is 0 Å². The molecule has 9 nitrogen and oxygen atoms in total. The van der Waals surface area contributed by atoms with Gasteiger partial charge in [0.1, 0.15) is 6.07 Å². The van der Waals surface area contributed by atoms with E-state index in [1.807, 2.05) is 43.5 Å². The number of nitrogens with one attached hydrogen (secondary N) is 2. The van der Waals surface area contributed by atoms with Crippen LogP contribution in [0.5, 0.6) is 0 Å². The average Bonchev–Trinajstić information content (AvgIpc) is 3.12. The topological polar surface area (TPSA) is 123 Å². The first-order valence-corrected chi connectivity index (χ1v) is 12.3. The van der Waals surface area contributed by atoms with Gasteiger partial charge in [-0.2, -0.15) is 5.26 Å². The van der Waals surface area contributed by atoms with Crippen molar-refractivity contribution in [3.8, 4) is 6.07 Å². The molecule has 0 radical (unpaired) electrons. The molecule has 0 aliphatic rings. The lowest BCUT2D eigenvalue weighted by Gasteiger charge is -2.23. The van der Waals surface area contributed by atoms with Crippen molar-refractivity contribution in [3.05, 3.63) is 47.0 Å². The smallest absolute Gasteiger partial charge is 0.326 e. The molecule has 2 aromatic carbocycles. The number of fused-ring (bicyclic) bond motifs is 1. The number of nitrogens with zero attached hydrogens (tertiary/aromatic N) is 4. The summed E-state index contributed by atoms with van der Waals surface area (Å²) in [5.41, 5.74) is 1.61. The summed E-state index contributed by atoms with van der Waals surface area (Å²) in [6.45, 7) is 9.87. The van der Waals surface area contributed by atoms with Crippen LogP contribution in [-0.2, 0) is 11.3 Å². The zero-order chi connectivity index (χ0) is 27.5. The van der Waals surface area contributed by atoms with E-state index in [1.165, 1.54) is 12.1 Å². The van der Waals surface area contributed by atoms with E-state index in [2.05, 4.69) is 15.6 Å². The number of hydrogen-bond donors (Lipinski definition) is 3. The molecule has 37 heavy (non-hydrogen) atoms. The molecule has 1 aromatic heterocycles. The number of rotatable bonds is 7. The van der Waals surface area contributed by atoms with Crippen molar-refractivity contribution in [2.45, 2.75) is 59.6 Å². The highest BCUT2D eigenvalue weighted by molar-refractivity contribution is 6.31. The number of hydrogen-bond acceptors (Lipinski definition) is 5. The third kappa shape index (κ3) is 7.44. The van der Waals surface area contributed by atoms with Crippen molar-refractivity contribution in [1.29, 1.82) is 5.26 Å². The van der Waals surface area contributed by atoms with Crippen LogP contribution in [0, 0.1) is 16.7 Å². The van der Waals surface area contributed by atoms with Crippen LogP contribution in [0.25, 0.3) is 11.0 Å². The number of carbonyl (C=O) groups is 2. The number of aryl methyl sites for hydroxylation is 1. The number of anilines is 3. The summed E-state index contributed by atoms with van der Waals surface area (Å²) >= 11 is 5.98. The summed E-state index contributed by atoms with van der Waals surface area (Å²) in [6.07, 6.45) is 0.815. The molecule has 0 fully saturated rings. The standard InChI is InChI=1S/C27H33ClN6O3/c1-26(2,3)15-23(35)33(6)19-8-10-22-21(14-19)31-24(34(22)12-11-27(4,5)37)32-25(36)30-18-7-9-20(28)17(13-18)16-29/h7-10,13-14,37H,11-12,15H2,1-6H3,(H2,30,31,32,36). The molecule has 196 valence electrons. The normalized spacial score (nSPS) is 11.8. The van der Waals surface area contributed by atoms with E-state index in [-0.39, 0.29) is 22.8 Å². The Morgan fingerprint density at radius 1 is 1.14 bits per heavy atom. The monoisotopic (exact) mass is 524 g/mol. The van der Waals surface area contributed by atoms with E-state index < -0.39 is 11.6 Å². The predicted molar refractivity (Wildman–Crippen MR) is 147 cm³/mol. The molecule has 0 saturated heterocycles. The Morgan fingerprint density at radius 3 is 2.46 bits per heavy atom. The molecule has 0 saturated carbocycles. The van der Waals surface area contributed by atoms with Gasteiger partial charge in [-0.15, -0.1) is 0 Å². The van der Waals surface area contributed by atoms with Gasteiger partial charge in [0.15, 0.2) is 0 Å². The van der Waals surface area contributed by atoms with Crippen molar-refractivity contribution < 1.29 is 14.7 Å². The van der Waals surface area contributed by atoms with Crippen LogP contribution in [0.4, 0.5) is 22.1 Å². The second-order valence-electron chi connectivity index (χ2n) is 10.9. The lowest BCUT2D eigenvalue weighted by atomic mass is 9.91. The maximum atomic E-state index is 12.8. The average molecular weight is 525 g/mol. The molecule has 10 heteroatoms. The number of imidazole rings is 1. The van der Waals surface area contributed by atoms with E-state index in [0.29, 0.717) is 41.3 Å². The zero-order valence-electron chi connectivity index (χ0n) is 22.0. The van der Waals surface area contributed by atoms with Gasteiger partial charge in [-0.05, 0) is 62.1 Å². The van der Waals surface area contributed by atoms with Crippen LogP contribution in [0.1, 0.15) is 53.0 Å². The Morgan fingerprint density at radius 2 is 1.84 bits per heavy atom. The largest absolute Gasteiger partial charge is 0.390 e. The van der Waals surface area contributed by atoms with Crippen LogP contribution < -0.4 is 15.5 Å². The second kappa shape index (κ2) is 10.8. The number of nitriles is 1. The quantitative estimate of drug-likeness (QED) is 0.362. The lowest BCUT2D eigenvalue weighted by molar-refractivity contribution is -0.120. The summed E-state index contributed by atoms with van der Waals surface area (Å²) < 4.78 is 1.82. The molecule has 3 amide bonds. The van der Waals surface area contributed by atoms with Gasteiger partial charge in [0, 0.05) is 31.4 Å². The summed E-state index contributed by atoms with van der Waals surface area (Å²) in [4.78, 5) is 31.8. The van der Waals surface area contributed by atoms with Gasteiger partial charge in [0.2, 0.25) is 11.9 Å². The van der Waals surface area contributed by atoms with E-state index in [1.54, 1.807) is 37.9 Å². The molecule has 3 aromatic rings. The Labute approximate surface area is 222 Å². The highest BCUT2D eigenvalue weighted by atomic mass is 35.5. The van der Waals surface area contributed by atoms with Gasteiger partial charge in [-0.1, -0.05) is 32.4 Å². The van der Waals surface area contributed by atoms with Gasteiger partial charge in [-0.3, -0.25) is 10.1 Å². The molecule has 0 unspecified atom stereocenters. The minimum atomic E-state index is -0.924. The number of amides is 3. The molecule has 0 aliphatic heterocycles. The van der Waals surface area contributed by atoms with Crippen molar-refractivity contribution >= 4 is 51.9 Å². The van der Waals surface area contributed by atoms with Gasteiger partial charge < -0.3 is 19.9 Å². The molecule has 0 spiro atoms. The molecule has 3 rings (SSSR count). The third-order valence-electron chi connectivity index (χ3n) is 5.69. The number of benzene rings is 2. The molecule has 0 atom stereocenters. The maximum Gasteiger partial charge on any atom is 0.326 e. The van der Waals surface area contributed by atoms with Crippen molar-refractivity contribution in [2.24, 2.45) is 5.41 Å². The highest BCUT2D eigenvalue weighted by Gasteiger charge is 2.22. The van der Waals surface area contributed by atoms with Crippen molar-refractivity contribution in [1.82, 2.24) is 9.55 Å². The van der Waals surface area contributed by atoms with Gasteiger partial charge >= 0.3 is 6.03 Å². The fraction of sp³-hybridized carbons (Fsp3) is 0.407. The third-order valence-corrected chi connectivity index (χ3v) is 6.02. The molecule has 1 heterocycles. The fourth-order valence-electron chi connectivity index (χ4n) is 3.70. The Kier molecular flexibility index (Phi) is 8.16. The van der Waals surface area contributed by atoms with Crippen molar-refractivity contribution in [2.75, 3.05) is 22.6 Å². The Hall–Kier alpha value is -3.61. The molecule has 0 aliphatic carbocycles. The predicted octanol–water partition coefficient (Wildman–Crippen LogP) is 5.77. The first kappa shape index (κ1) is 28.0. The summed E-state index contributed by atoms with van der Waals surface area (Å²) in [6, 6.07) is 11.5. The molecule has 0 bridgehead atoms. The summed E-state index contributed by atoms with van der Waals surface area (Å²) in [5.74, 6) is 0.276. The Balaban J connectivity index is 1.91. The van der Waals surface area contributed by atoms with Crippen LogP contribution >= 0.6 is 11.6 Å². The lowest BCUT2D eigenvalue weighted by Crippen LogP contribution is -2.29. The van der Waals surface area contributed by atoms with Gasteiger partial charge in [0.05, 0.1) is 27.2 Å². The van der Waals surface area contributed by atoms with E-state index in [9.17, 15) is 20.0 Å². The molecular formula is C27H33ClN6O3. The zero-order valence-corrected chi connectivity index (χ0v) is 22.8. The summed E-state index contributed by atoms with van der Waals surface area (Å²) in [7, 11) is 1.73. The molecular weight excluding hydrogens is 492 g/mol. The fourth-order valence-corrected chi connectivity index (χ4v) is 3.86. The van der Waals surface area contributed by atoms with Crippen LogP contribution in [0.2, 0.25) is 5.02 Å². The maximum absolute atomic E-state index is 12.8. The Bertz CT molecular complexity index is 1360. The summed E-state index contributed by atoms with van der Waals surface area (Å²) in [5, 5.41) is 25.2. The van der Waals surface area contributed by atoms with E-state index in [4.69, 9.17) is 11.6 Å². The van der Waals surface area contributed by atoms with Crippen LogP contribution in [-0.4, -0.2) is 39.2 Å². The first-order chi connectivity index (χ1) is 17.2. The number of aliphatic hydroxyl groups is 1. The van der Waals surface area contributed by atoms with Gasteiger partial charge in [-0.25, -0.2) is 9.78 Å². The number of carbonyl (C=O) groups excluding carboxylic acids is 2. The minimum Gasteiger partial charge on any atom is -0.390 e. The second-order valence-corrected chi connectivity index (χ2v) is 11.3. The first-order valence-electron chi connectivity index (χ1n) is 11.9. The minimum absolute atomic E-state index is 0.00857. The highest BCUT2D eigenvalue weighted by Crippen LogP contribution is 2.28. The van der Waals surface area contributed by atoms with E-state index in [0.717, 1.165) is 5.52 Å². The number of aromatic nitrogens is 2. The SMILES string of the molecule is CN(C(=O)CC(C)(C)C)c1ccc2c(c1)nc(NC(=O)Nc1ccc(Cl)c(C#N)c1)n2CCC(C)(C)O. The molecule has 3 N–H and O–H groups in total. The number of halogens is 1. The van der Waals surface area contributed by atoms with E-state index >= 15 is 0 Å².